The smallest absolute Gasteiger partial charge is 0.249 e. The largest absolute Gasteiger partial charge is 0.394 e. The number of hydrogen-bond acceptors (Lipinski definition) is 5. The lowest BCUT2D eigenvalue weighted by atomic mass is 10.00. The Kier molecular flexibility index (Phi) is 70.0. The van der Waals surface area contributed by atoms with Crippen LogP contribution in [-0.4, -0.2) is 57.3 Å². The van der Waals surface area contributed by atoms with Crippen molar-refractivity contribution in [3.63, 3.8) is 0 Å². The second kappa shape index (κ2) is 71.3. The molecule has 0 aromatic carbocycles. The van der Waals surface area contributed by atoms with Gasteiger partial charge in [0, 0.05) is 0 Å². The molecule has 0 spiro atoms. The highest BCUT2D eigenvalue weighted by Crippen LogP contribution is 2.20. The molecule has 0 aliphatic rings. The lowest BCUT2D eigenvalue weighted by Crippen LogP contribution is -2.53. The van der Waals surface area contributed by atoms with Crippen LogP contribution in [0.15, 0.2) is 36.5 Å². The van der Waals surface area contributed by atoms with Gasteiger partial charge in [-0.1, -0.05) is 391 Å². The fraction of sp³-hybridized carbons (Fsp3) is 0.909. The monoisotopic (exact) mass is 1170 g/mol. The number of carbonyl (C=O) groups is 1. The summed E-state index contributed by atoms with van der Waals surface area (Å²) in [5.41, 5.74) is 0. The van der Waals surface area contributed by atoms with Gasteiger partial charge in [-0.2, -0.15) is 0 Å². The number of carbonyl (C=O) groups excluding carboxylic acids is 1. The van der Waals surface area contributed by atoms with Crippen molar-refractivity contribution >= 4 is 5.91 Å². The molecule has 1 amide bonds. The molecular weight excluding hydrogens is 1020 g/mol. The summed E-state index contributed by atoms with van der Waals surface area (Å²) in [6.45, 7) is 4.10. The number of unbranched alkanes of at least 4 members (excludes halogenated alkanes) is 56. The van der Waals surface area contributed by atoms with Crippen LogP contribution in [0.2, 0.25) is 0 Å². The highest BCUT2D eigenvalue weighted by molar-refractivity contribution is 5.80. The first-order valence-corrected chi connectivity index (χ1v) is 37.9. The first-order valence-electron chi connectivity index (χ1n) is 37.9. The highest BCUT2D eigenvalue weighted by atomic mass is 16.3. The third kappa shape index (κ3) is 64.8. The number of rotatable bonds is 71. The lowest BCUT2D eigenvalue weighted by molar-refractivity contribution is -0.132. The number of nitrogens with one attached hydrogen (secondary N) is 1. The third-order valence-electron chi connectivity index (χ3n) is 18.1. The molecule has 0 bridgehead atoms. The average Bonchev–Trinajstić information content (AvgIpc) is 3.54. The molecule has 0 fully saturated rings. The standard InChI is InChI=1S/C77H149NO5/c1-3-5-7-9-11-13-15-17-19-21-23-25-27-29-31-33-34-35-36-37-38-39-40-41-43-45-47-49-51-53-55-57-59-61-63-65-67-69-71-75(81)77(83)78-73(72-79)76(82)74(80)70-68-66-64-62-60-58-56-54-52-50-48-46-44-42-32-30-28-26-24-22-20-18-16-14-12-10-8-6-4-2/h46,48,54,56,62,64,73-76,79-82H,3-45,47,49-53,55,57-61,63,65-72H2,1-2H3,(H,78,83)/b48-46+,56-54+,64-62+. The molecule has 0 radical (unpaired) electrons. The minimum absolute atomic E-state index is 0.363. The summed E-state index contributed by atoms with van der Waals surface area (Å²) in [5, 5.41) is 44.2. The van der Waals surface area contributed by atoms with Gasteiger partial charge >= 0.3 is 0 Å². The van der Waals surface area contributed by atoms with E-state index in [1.54, 1.807) is 0 Å². The van der Waals surface area contributed by atoms with Crippen molar-refractivity contribution in [2.45, 2.75) is 443 Å². The molecule has 492 valence electrons. The summed E-state index contributed by atoms with van der Waals surface area (Å²) in [7, 11) is 0. The van der Waals surface area contributed by atoms with Crippen molar-refractivity contribution in [1.29, 1.82) is 0 Å². The van der Waals surface area contributed by atoms with Crippen LogP contribution in [0.1, 0.15) is 418 Å². The van der Waals surface area contributed by atoms with E-state index < -0.39 is 36.9 Å². The molecule has 0 aliphatic carbocycles. The number of aliphatic hydroxyl groups excluding tert-OH is 4. The molecule has 0 aliphatic heterocycles. The fourth-order valence-corrected chi connectivity index (χ4v) is 12.2. The van der Waals surface area contributed by atoms with Crippen molar-refractivity contribution in [1.82, 2.24) is 5.32 Å². The Morgan fingerprint density at radius 3 is 0.759 bits per heavy atom. The summed E-state index contributed by atoms with van der Waals surface area (Å²) < 4.78 is 0. The van der Waals surface area contributed by atoms with E-state index in [9.17, 15) is 25.2 Å². The van der Waals surface area contributed by atoms with E-state index in [0.29, 0.717) is 19.3 Å². The number of amides is 1. The van der Waals surface area contributed by atoms with Gasteiger partial charge in [-0.15, -0.1) is 0 Å². The topological polar surface area (TPSA) is 110 Å². The Bertz CT molecular complexity index is 1320. The molecule has 6 nitrogen and oxygen atoms in total. The fourth-order valence-electron chi connectivity index (χ4n) is 12.2. The summed E-state index contributed by atoms with van der Waals surface area (Å²) in [5.74, 6) is -0.592. The van der Waals surface area contributed by atoms with Gasteiger partial charge in [0.1, 0.15) is 12.2 Å². The zero-order valence-electron chi connectivity index (χ0n) is 56.2. The van der Waals surface area contributed by atoms with E-state index in [1.807, 2.05) is 0 Å². The first kappa shape index (κ1) is 81.5. The molecule has 0 aromatic rings. The molecule has 0 aromatic heterocycles. The molecule has 0 saturated carbocycles. The van der Waals surface area contributed by atoms with E-state index >= 15 is 0 Å². The van der Waals surface area contributed by atoms with E-state index in [1.165, 1.54) is 334 Å². The minimum Gasteiger partial charge on any atom is -0.394 e. The average molecular weight is 1170 g/mol. The van der Waals surface area contributed by atoms with Gasteiger partial charge in [-0.3, -0.25) is 4.79 Å². The first-order chi connectivity index (χ1) is 41.0. The Hall–Kier alpha value is -1.47. The SMILES string of the molecule is CCCCCCCCCCCCCCCCCC/C=C/CC/C=C/CC/C=C/CCCC(O)C(O)C(CO)NC(=O)C(O)CCCCCCCCCCCCCCCCCCCCCCCCCCCCCCCCCCCCCCCC. The van der Waals surface area contributed by atoms with Gasteiger partial charge < -0.3 is 25.7 Å². The molecule has 6 heteroatoms. The molecule has 0 saturated heterocycles. The van der Waals surface area contributed by atoms with Crippen LogP contribution < -0.4 is 5.32 Å². The zero-order chi connectivity index (χ0) is 60.1. The number of hydrogen-bond donors (Lipinski definition) is 5. The van der Waals surface area contributed by atoms with E-state index in [0.717, 1.165) is 51.4 Å². The van der Waals surface area contributed by atoms with Crippen LogP contribution >= 0.6 is 0 Å². The van der Waals surface area contributed by atoms with Gasteiger partial charge in [0.15, 0.2) is 0 Å². The number of allylic oxidation sites excluding steroid dienone is 6. The number of aliphatic hydroxyl groups is 4. The Morgan fingerprint density at radius 2 is 0.506 bits per heavy atom. The van der Waals surface area contributed by atoms with Crippen LogP contribution in [0.5, 0.6) is 0 Å². The van der Waals surface area contributed by atoms with Crippen LogP contribution in [-0.2, 0) is 4.79 Å². The summed E-state index contributed by atoms with van der Waals surface area (Å²) in [4.78, 5) is 12.7. The molecule has 4 unspecified atom stereocenters. The third-order valence-corrected chi connectivity index (χ3v) is 18.1. The maximum atomic E-state index is 12.7. The van der Waals surface area contributed by atoms with Crippen LogP contribution in [0.25, 0.3) is 0 Å². The van der Waals surface area contributed by atoms with Gasteiger partial charge in [-0.25, -0.2) is 0 Å². The summed E-state index contributed by atoms with van der Waals surface area (Å²) >= 11 is 0. The Balaban J connectivity index is 3.55. The molecule has 83 heavy (non-hydrogen) atoms. The predicted octanol–water partition coefficient (Wildman–Crippen LogP) is 23.8. The zero-order valence-corrected chi connectivity index (χ0v) is 56.2. The van der Waals surface area contributed by atoms with Crippen molar-refractivity contribution in [3.05, 3.63) is 36.5 Å². The van der Waals surface area contributed by atoms with Crippen molar-refractivity contribution < 1.29 is 25.2 Å². The van der Waals surface area contributed by atoms with E-state index in [2.05, 4.69) is 55.6 Å². The molecule has 0 heterocycles. The maximum Gasteiger partial charge on any atom is 0.249 e. The van der Waals surface area contributed by atoms with Crippen LogP contribution in [0, 0.1) is 0 Å². The van der Waals surface area contributed by atoms with Gasteiger partial charge in [-0.05, 0) is 64.2 Å². The van der Waals surface area contributed by atoms with Gasteiger partial charge in [0.2, 0.25) is 5.91 Å². The van der Waals surface area contributed by atoms with Crippen molar-refractivity contribution in [2.24, 2.45) is 0 Å². The van der Waals surface area contributed by atoms with Crippen LogP contribution in [0.4, 0.5) is 0 Å². The summed E-state index contributed by atoms with van der Waals surface area (Å²) in [6, 6.07) is -1.01. The minimum atomic E-state index is -1.29. The van der Waals surface area contributed by atoms with Crippen molar-refractivity contribution in [2.75, 3.05) is 6.61 Å². The second-order valence-electron chi connectivity index (χ2n) is 26.3. The van der Waals surface area contributed by atoms with Gasteiger partial charge in [0.05, 0.1) is 18.8 Å². The van der Waals surface area contributed by atoms with Gasteiger partial charge in [0.25, 0.3) is 0 Å². The molecule has 4 atom stereocenters. The van der Waals surface area contributed by atoms with E-state index in [-0.39, 0.29) is 0 Å². The normalized spacial score (nSPS) is 13.6. The molecule has 0 rings (SSSR count). The Morgan fingerprint density at radius 1 is 0.289 bits per heavy atom. The van der Waals surface area contributed by atoms with Crippen LogP contribution in [0.3, 0.4) is 0 Å². The van der Waals surface area contributed by atoms with Crippen molar-refractivity contribution in [3.8, 4) is 0 Å². The van der Waals surface area contributed by atoms with E-state index in [4.69, 9.17) is 0 Å². The Labute approximate surface area is 519 Å². The lowest BCUT2D eigenvalue weighted by Gasteiger charge is -2.27. The quantitative estimate of drug-likeness (QED) is 0.0308. The maximum absolute atomic E-state index is 12.7. The molecule has 5 N–H and O–H groups in total. The second-order valence-corrected chi connectivity index (χ2v) is 26.3. The highest BCUT2D eigenvalue weighted by Gasteiger charge is 2.28. The summed E-state index contributed by atoms with van der Waals surface area (Å²) in [6.07, 6.45) is 93.1. The molecular formula is C77H149NO5. The predicted molar refractivity (Wildman–Crippen MR) is 367 cm³/mol.